The van der Waals surface area contributed by atoms with Crippen LogP contribution in [0.4, 0.5) is 5.69 Å². The van der Waals surface area contributed by atoms with Gasteiger partial charge in [-0.25, -0.2) is 0 Å². The fraction of sp³-hybridized carbons (Fsp3) is 0.571. The van der Waals surface area contributed by atoms with Crippen molar-refractivity contribution >= 4 is 33.2 Å². The van der Waals surface area contributed by atoms with Crippen LogP contribution in [0.25, 0.3) is 0 Å². The standard InChI is InChI=1S/C14H20BrClN2O/c1-18-6-3-4-11(5-7-18)17-13-9-10(16)8-12(15)14(13)19-2/h8-9,11,17H,3-7H2,1-2H3. The van der Waals surface area contributed by atoms with Crippen LogP contribution in [-0.2, 0) is 0 Å². The number of benzene rings is 1. The molecule has 19 heavy (non-hydrogen) atoms. The highest BCUT2D eigenvalue weighted by Crippen LogP contribution is 2.37. The van der Waals surface area contributed by atoms with Crippen molar-refractivity contribution in [3.8, 4) is 5.75 Å². The number of rotatable bonds is 3. The number of hydrogen-bond acceptors (Lipinski definition) is 3. The highest BCUT2D eigenvalue weighted by atomic mass is 79.9. The van der Waals surface area contributed by atoms with Crippen molar-refractivity contribution in [3.05, 3.63) is 21.6 Å². The van der Waals surface area contributed by atoms with Crippen LogP contribution < -0.4 is 10.1 Å². The molecule has 1 atom stereocenters. The SMILES string of the molecule is COc1c(Br)cc(Cl)cc1NC1CCCN(C)CC1. The van der Waals surface area contributed by atoms with Gasteiger partial charge in [-0.05, 0) is 67.5 Å². The topological polar surface area (TPSA) is 24.5 Å². The normalized spacial score (nSPS) is 20.9. The summed E-state index contributed by atoms with van der Waals surface area (Å²) < 4.78 is 6.33. The van der Waals surface area contributed by atoms with Crippen LogP contribution in [0.2, 0.25) is 5.02 Å². The average Bonchev–Trinajstić information content (AvgIpc) is 2.54. The number of ether oxygens (including phenoxy) is 1. The molecule has 0 aromatic heterocycles. The van der Waals surface area contributed by atoms with E-state index in [1.165, 1.54) is 19.4 Å². The van der Waals surface area contributed by atoms with Crippen molar-refractivity contribution in [2.75, 3.05) is 32.6 Å². The molecule has 3 nitrogen and oxygen atoms in total. The predicted molar refractivity (Wildman–Crippen MR) is 84.5 cm³/mol. The number of nitrogens with zero attached hydrogens (tertiary/aromatic N) is 1. The van der Waals surface area contributed by atoms with Gasteiger partial charge in [0.15, 0.2) is 5.75 Å². The average molecular weight is 348 g/mol. The smallest absolute Gasteiger partial charge is 0.156 e. The molecule has 5 heteroatoms. The third-order valence-electron chi connectivity index (χ3n) is 3.52. The Labute approximate surface area is 128 Å². The van der Waals surface area contributed by atoms with Gasteiger partial charge in [0, 0.05) is 11.1 Å². The molecule has 0 spiro atoms. The third-order valence-corrected chi connectivity index (χ3v) is 4.33. The molecule has 1 saturated heterocycles. The van der Waals surface area contributed by atoms with Crippen molar-refractivity contribution in [1.29, 1.82) is 0 Å². The number of nitrogens with one attached hydrogen (secondary N) is 1. The zero-order chi connectivity index (χ0) is 13.8. The molecule has 1 heterocycles. The van der Waals surface area contributed by atoms with E-state index in [-0.39, 0.29) is 0 Å². The number of methoxy groups -OCH3 is 1. The Morgan fingerprint density at radius 3 is 2.89 bits per heavy atom. The van der Waals surface area contributed by atoms with E-state index in [0.717, 1.165) is 28.9 Å². The van der Waals surface area contributed by atoms with Crippen molar-refractivity contribution in [2.24, 2.45) is 0 Å². The first-order valence-corrected chi connectivity index (χ1v) is 7.75. The first-order valence-electron chi connectivity index (χ1n) is 6.58. The Balaban J connectivity index is 2.13. The number of likely N-dealkylation sites (tertiary alicyclic amines) is 1. The Kier molecular flexibility index (Phi) is 5.37. The van der Waals surface area contributed by atoms with Gasteiger partial charge in [-0.3, -0.25) is 0 Å². The highest BCUT2D eigenvalue weighted by molar-refractivity contribution is 9.10. The molecule has 2 rings (SSSR count). The lowest BCUT2D eigenvalue weighted by atomic mass is 10.1. The van der Waals surface area contributed by atoms with Crippen molar-refractivity contribution in [3.63, 3.8) is 0 Å². The minimum absolute atomic E-state index is 0.476. The van der Waals surface area contributed by atoms with E-state index in [9.17, 15) is 0 Å². The second-order valence-electron chi connectivity index (χ2n) is 5.04. The zero-order valence-electron chi connectivity index (χ0n) is 11.4. The molecule has 1 aliphatic heterocycles. The van der Waals surface area contributed by atoms with Crippen LogP contribution >= 0.6 is 27.5 Å². The number of halogens is 2. The van der Waals surface area contributed by atoms with Crippen molar-refractivity contribution < 1.29 is 4.74 Å². The highest BCUT2D eigenvalue weighted by Gasteiger charge is 2.17. The molecule has 1 aromatic rings. The molecule has 0 bridgehead atoms. The second-order valence-corrected chi connectivity index (χ2v) is 6.33. The molecule has 1 unspecified atom stereocenters. The number of hydrogen-bond donors (Lipinski definition) is 1. The Bertz CT molecular complexity index is 442. The third kappa shape index (κ3) is 4.01. The van der Waals surface area contributed by atoms with Crippen LogP contribution in [0.1, 0.15) is 19.3 Å². The van der Waals surface area contributed by atoms with Crippen LogP contribution in [0, 0.1) is 0 Å². The summed E-state index contributed by atoms with van der Waals surface area (Å²) in [6.45, 7) is 2.30. The van der Waals surface area contributed by atoms with Gasteiger partial charge in [0.1, 0.15) is 0 Å². The first kappa shape index (κ1) is 14.9. The predicted octanol–water partition coefficient (Wildman–Crippen LogP) is 4.01. The number of anilines is 1. The van der Waals surface area contributed by atoms with Crippen LogP contribution in [0.3, 0.4) is 0 Å². The van der Waals surface area contributed by atoms with E-state index < -0.39 is 0 Å². The summed E-state index contributed by atoms with van der Waals surface area (Å²) in [4.78, 5) is 2.38. The molecule has 1 aromatic carbocycles. The van der Waals surface area contributed by atoms with E-state index in [4.69, 9.17) is 16.3 Å². The lowest BCUT2D eigenvalue weighted by molar-refractivity contribution is 0.348. The van der Waals surface area contributed by atoms with Gasteiger partial charge in [0.05, 0.1) is 17.3 Å². The molecule has 0 amide bonds. The monoisotopic (exact) mass is 346 g/mol. The summed E-state index contributed by atoms with van der Waals surface area (Å²) >= 11 is 9.61. The fourth-order valence-corrected chi connectivity index (χ4v) is 3.45. The van der Waals surface area contributed by atoms with Crippen molar-refractivity contribution in [2.45, 2.75) is 25.3 Å². The van der Waals surface area contributed by atoms with Gasteiger partial charge in [0.2, 0.25) is 0 Å². The quantitative estimate of drug-likeness (QED) is 0.894. The maximum atomic E-state index is 6.12. The van der Waals surface area contributed by atoms with Gasteiger partial charge in [-0.1, -0.05) is 11.6 Å². The van der Waals surface area contributed by atoms with E-state index in [1.54, 1.807) is 7.11 Å². The summed E-state index contributed by atoms with van der Waals surface area (Å²) in [5.74, 6) is 0.821. The van der Waals surface area contributed by atoms with Gasteiger partial charge in [-0.2, -0.15) is 0 Å². The summed E-state index contributed by atoms with van der Waals surface area (Å²) in [5, 5.41) is 4.29. The van der Waals surface area contributed by atoms with Gasteiger partial charge >= 0.3 is 0 Å². The molecule has 106 valence electrons. The summed E-state index contributed by atoms with van der Waals surface area (Å²) in [5.41, 5.74) is 0.969. The molecule has 1 fully saturated rings. The molecule has 0 aliphatic carbocycles. The van der Waals surface area contributed by atoms with Gasteiger partial charge < -0.3 is 15.0 Å². The summed E-state index contributed by atoms with van der Waals surface area (Å²) in [7, 11) is 3.86. The van der Waals surface area contributed by atoms with Crippen LogP contribution in [-0.4, -0.2) is 38.2 Å². The molecule has 1 aliphatic rings. The second kappa shape index (κ2) is 6.82. The Morgan fingerprint density at radius 2 is 2.16 bits per heavy atom. The van der Waals surface area contributed by atoms with E-state index in [2.05, 4.69) is 33.2 Å². The van der Waals surface area contributed by atoms with E-state index >= 15 is 0 Å². The molecule has 0 saturated carbocycles. The lowest BCUT2D eigenvalue weighted by Crippen LogP contribution is -2.23. The maximum Gasteiger partial charge on any atom is 0.156 e. The van der Waals surface area contributed by atoms with Gasteiger partial charge in [0.25, 0.3) is 0 Å². The summed E-state index contributed by atoms with van der Waals surface area (Å²) in [6.07, 6.45) is 3.54. The molecular weight excluding hydrogens is 328 g/mol. The van der Waals surface area contributed by atoms with E-state index in [0.29, 0.717) is 11.1 Å². The Hall–Kier alpha value is -0.450. The molecule has 1 N–H and O–H groups in total. The molecule has 0 radical (unpaired) electrons. The fourth-order valence-electron chi connectivity index (χ4n) is 2.48. The van der Waals surface area contributed by atoms with Crippen LogP contribution in [0.15, 0.2) is 16.6 Å². The maximum absolute atomic E-state index is 6.12. The van der Waals surface area contributed by atoms with Crippen molar-refractivity contribution in [1.82, 2.24) is 4.90 Å². The largest absolute Gasteiger partial charge is 0.493 e. The zero-order valence-corrected chi connectivity index (χ0v) is 13.7. The van der Waals surface area contributed by atoms with Gasteiger partial charge in [-0.15, -0.1) is 0 Å². The van der Waals surface area contributed by atoms with E-state index in [1.807, 2.05) is 12.1 Å². The lowest BCUT2D eigenvalue weighted by Gasteiger charge is -2.20. The minimum Gasteiger partial charge on any atom is -0.493 e. The Morgan fingerprint density at radius 1 is 1.37 bits per heavy atom. The van der Waals surface area contributed by atoms with Crippen LogP contribution in [0.5, 0.6) is 5.75 Å². The molecular formula is C14H20BrClN2O. The first-order chi connectivity index (χ1) is 9.10. The minimum atomic E-state index is 0.476. The summed E-state index contributed by atoms with van der Waals surface area (Å²) in [6, 6.07) is 4.26.